The Balaban J connectivity index is 3.01. The number of hydrogen-bond acceptors (Lipinski definition) is 2. The quantitative estimate of drug-likeness (QED) is 0.790. The Bertz CT molecular complexity index is 360. The third kappa shape index (κ3) is 4.24. The van der Waals surface area contributed by atoms with Crippen LogP contribution >= 0.6 is 0 Å². The highest BCUT2D eigenvalue weighted by molar-refractivity contribution is 5.84. The van der Waals surface area contributed by atoms with Gasteiger partial charge < -0.3 is 10.2 Å². The molecule has 1 atom stereocenters. The van der Waals surface area contributed by atoms with Crippen molar-refractivity contribution in [2.24, 2.45) is 5.41 Å². The molecule has 0 radical (unpaired) electrons. The second-order valence-corrected chi connectivity index (χ2v) is 5.20. The number of carbonyl (C=O) groups is 1. The van der Waals surface area contributed by atoms with Crippen molar-refractivity contribution in [2.75, 3.05) is 26.2 Å². The summed E-state index contributed by atoms with van der Waals surface area (Å²) in [7, 11) is 0. The first-order valence-corrected chi connectivity index (χ1v) is 6.67. The fraction of sp³-hybridized carbons (Fsp3) is 0.917. The SMILES string of the molecule is CCCCN(CC(F)(F)F)C(=O)C1(C(F)(F)F)CCNC1. The molecule has 0 aromatic heterocycles. The van der Waals surface area contributed by atoms with Crippen LogP contribution in [0.1, 0.15) is 26.2 Å². The van der Waals surface area contributed by atoms with Gasteiger partial charge in [-0.15, -0.1) is 0 Å². The Hall–Kier alpha value is -0.990. The molecule has 1 rings (SSSR count). The number of amides is 1. The smallest absolute Gasteiger partial charge is 0.333 e. The van der Waals surface area contributed by atoms with E-state index in [4.69, 9.17) is 0 Å². The predicted molar refractivity (Wildman–Crippen MR) is 63.5 cm³/mol. The minimum Gasteiger partial charge on any atom is -0.333 e. The van der Waals surface area contributed by atoms with E-state index in [0.29, 0.717) is 11.3 Å². The summed E-state index contributed by atoms with van der Waals surface area (Å²) in [6, 6.07) is 0. The summed E-state index contributed by atoms with van der Waals surface area (Å²) in [5, 5.41) is 2.43. The van der Waals surface area contributed by atoms with E-state index >= 15 is 0 Å². The van der Waals surface area contributed by atoms with Crippen LogP contribution in [0.15, 0.2) is 0 Å². The summed E-state index contributed by atoms with van der Waals surface area (Å²) in [6.07, 6.45) is -9.41. The van der Waals surface area contributed by atoms with Crippen LogP contribution in [-0.2, 0) is 4.79 Å². The van der Waals surface area contributed by atoms with Gasteiger partial charge in [-0.3, -0.25) is 4.79 Å². The van der Waals surface area contributed by atoms with Crippen LogP contribution in [0.5, 0.6) is 0 Å². The van der Waals surface area contributed by atoms with E-state index in [1.807, 2.05) is 0 Å². The molecule has 0 aliphatic carbocycles. The van der Waals surface area contributed by atoms with Crippen molar-refractivity contribution in [2.45, 2.75) is 38.5 Å². The Morgan fingerprint density at radius 1 is 1.24 bits per heavy atom. The highest BCUT2D eigenvalue weighted by Gasteiger charge is 2.62. The topological polar surface area (TPSA) is 32.3 Å². The van der Waals surface area contributed by atoms with Gasteiger partial charge in [-0.05, 0) is 19.4 Å². The van der Waals surface area contributed by atoms with Crippen LogP contribution in [0.2, 0.25) is 0 Å². The lowest BCUT2D eigenvalue weighted by Crippen LogP contribution is -2.55. The Kier molecular flexibility index (Phi) is 5.51. The standard InChI is InChI=1S/C12H18F6N2O/c1-2-3-6-20(8-11(13,14)15)9(21)10(12(16,17)18)4-5-19-7-10/h19H,2-8H2,1H3. The maximum absolute atomic E-state index is 13.2. The van der Waals surface area contributed by atoms with Gasteiger partial charge in [0.05, 0.1) is 0 Å². The summed E-state index contributed by atoms with van der Waals surface area (Å²) in [4.78, 5) is 12.5. The summed E-state index contributed by atoms with van der Waals surface area (Å²) in [5.41, 5.74) is -2.74. The van der Waals surface area contributed by atoms with Gasteiger partial charge in [0.15, 0.2) is 5.41 Å². The van der Waals surface area contributed by atoms with E-state index in [9.17, 15) is 31.1 Å². The molecule has 1 heterocycles. The third-order valence-electron chi connectivity index (χ3n) is 3.55. The van der Waals surface area contributed by atoms with Crippen molar-refractivity contribution in [1.29, 1.82) is 0 Å². The molecule has 0 bridgehead atoms. The zero-order valence-corrected chi connectivity index (χ0v) is 11.6. The molecule has 0 aromatic rings. The highest BCUT2D eigenvalue weighted by atomic mass is 19.4. The number of halogens is 6. The number of hydrogen-bond donors (Lipinski definition) is 1. The number of carbonyl (C=O) groups excluding carboxylic acids is 1. The maximum atomic E-state index is 13.2. The molecule has 0 saturated carbocycles. The zero-order valence-electron chi connectivity index (χ0n) is 11.6. The van der Waals surface area contributed by atoms with Gasteiger partial charge in [-0.1, -0.05) is 13.3 Å². The van der Waals surface area contributed by atoms with Gasteiger partial charge in [-0.25, -0.2) is 0 Å². The summed E-state index contributed by atoms with van der Waals surface area (Å²) in [6.45, 7) is -1.00. The van der Waals surface area contributed by atoms with E-state index in [2.05, 4.69) is 5.32 Å². The number of alkyl halides is 6. The predicted octanol–water partition coefficient (Wildman–Crippen LogP) is 2.72. The molecule has 1 amide bonds. The minimum atomic E-state index is -4.87. The minimum absolute atomic E-state index is 0.0428. The average Bonchev–Trinajstić information content (AvgIpc) is 2.82. The Morgan fingerprint density at radius 3 is 2.24 bits per heavy atom. The van der Waals surface area contributed by atoms with E-state index in [1.165, 1.54) is 0 Å². The van der Waals surface area contributed by atoms with E-state index in [-0.39, 0.29) is 19.5 Å². The van der Waals surface area contributed by atoms with Gasteiger partial charge in [0, 0.05) is 13.1 Å². The Morgan fingerprint density at radius 2 is 1.86 bits per heavy atom. The molecule has 1 saturated heterocycles. The van der Waals surface area contributed by atoms with Crippen molar-refractivity contribution in [3.63, 3.8) is 0 Å². The molecule has 3 nitrogen and oxygen atoms in total. The molecule has 1 aliphatic rings. The number of nitrogens with zero attached hydrogens (tertiary/aromatic N) is 1. The molecule has 1 fully saturated rings. The first-order valence-electron chi connectivity index (χ1n) is 6.67. The summed E-state index contributed by atoms with van der Waals surface area (Å²) in [5.74, 6) is -1.48. The lowest BCUT2D eigenvalue weighted by Gasteiger charge is -2.35. The zero-order chi connectivity index (χ0) is 16.3. The molecule has 124 valence electrons. The molecule has 1 N–H and O–H groups in total. The van der Waals surface area contributed by atoms with Gasteiger partial charge >= 0.3 is 12.4 Å². The second kappa shape index (κ2) is 6.41. The lowest BCUT2D eigenvalue weighted by molar-refractivity contribution is -0.226. The first-order chi connectivity index (χ1) is 9.53. The second-order valence-electron chi connectivity index (χ2n) is 5.20. The number of rotatable bonds is 5. The van der Waals surface area contributed by atoms with Crippen LogP contribution in [-0.4, -0.2) is 49.3 Å². The van der Waals surface area contributed by atoms with Gasteiger partial charge in [0.1, 0.15) is 6.54 Å². The van der Waals surface area contributed by atoms with E-state index < -0.39 is 43.2 Å². The van der Waals surface area contributed by atoms with Gasteiger partial charge in [0.2, 0.25) is 5.91 Å². The average molecular weight is 320 g/mol. The molecule has 21 heavy (non-hydrogen) atoms. The van der Waals surface area contributed by atoms with Crippen molar-refractivity contribution in [3.05, 3.63) is 0 Å². The van der Waals surface area contributed by atoms with Gasteiger partial charge in [0.25, 0.3) is 0 Å². The van der Waals surface area contributed by atoms with Crippen molar-refractivity contribution in [3.8, 4) is 0 Å². The van der Waals surface area contributed by atoms with E-state index in [1.54, 1.807) is 6.92 Å². The summed E-state index contributed by atoms with van der Waals surface area (Å²) >= 11 is 0. The van der Waals surface area contributed by atoms with Crippen LogP contribution in [0, 0.1) is 5.41 Å². The molecule has 9 heteroatoms. The van der Waals surface area contributed by atoms with Crippen LogP contribution in [0.4, 0.5) is 26.3 Å². The van der Waals surface area contributed by atoms with Gasteiger partial charge in [-0.2, -0.15) is 26.3 Å². The lowest BCUT2D eigenvalue weighted by atomic mass is 9.84. The first kappa shape index (κ1) is 18.1. The Labute approximate surface area is 118 Å². The van der Waals surface area contributed by atoms with Crippen LogP contribution in [0.3, 0.4) is 0 Å². The largest absolute Gasteiger partial charge is 0.406 e. The molecule has 1 aliphatic heterocycles. The normalized spacial score (nSPS) is 23.4. The van der Waals surface area contributed by atoms with Crippen molar-refractivity contribution in [1.82, 2.24) is 10.2 Å². The molecule has 0 spiro atoms. The van der Waals surface area contributed by atoms with Crippen LogP contribution in [0.25, 0.3) is 0 Å². The molecule has 0 aromatic carbocycles. The highest BCUT2D eigenvalue weighted by Crippen LogP contribution is 2.44. The third-order valence-corrected chi connectivity index (χ3v) is 3.55. The van der Waals surface area contributed by atoms with Crippen LogP contribution < -0.4 is 5.32 Å². The number of nitrogens with one attached hydrogen (secondary N) is 1. The molecular weight excluding hydrogens is 302 g/mol. The van der Waals surface area contributed by atoms with Crippen molar-refractivity contribution < 1.29 is 31.1 Å². The molecular formula is C12H18F6N2O. The fourth-order valence-electron chi connectivity index (χ4n) is 2.36. The maximum Gasteiger partial charge on any atom is 0.406 e. The van der Waals surface area contributed by atoms with E-state index in [0.717, 1.165) is 0 Å². The number of unbranched alkanes of at least 4 members (excludes halogenated alkanes) is 1. The molecule has 1 unspecified atom stereocenters. The monoisotopic (exact) mass is 320 g/mol. The summed E-state index contributed by atoms with van der Waals surface area (Å²) < 4.78 is 77.2. The van der Waals surface area contributed by atoms with Crippen molar-refractivity contribution >= 4 is 5.91 Å². The fourth-order valence-corrected chi connectivity index (χ4v) is 2.36.